The molecule has 1 heterocycles. The van der Waals surface area contributed by atoms with Crippen molar-refractivity contribution in [1.29, 1.82) is 0 Å². The van der Waals surface area contributed by atoms with Gasteiger partial charge in [-0.1, -0.05) is 32.3 Å². The van der Waals surface area contributed by atoms with Gasteiger partial charge in [0.2, 0.25) is 0 Å². The van der Waals surface area contributed by atoms with Crippen molar-refractivity contribution in [2.75, 3.05) is 0 Å². The fraction of sp³-hybridized carbons (Fsp3) is 0.769. The van der Waals surface area contributed by atoms with E-state index in [9.17, 15) is 4.79 Å². The molecule has 0 aromatic rings. The van der Waals surface area contributed by atoms with Gasteiger partial charge in [0.15, 0.2) is 0 Å². The molecule has 2 nitrogen and oxygen atoms in total. The Hall–Kier alpha value is -0.440. The van der Waals surface area contributed by atoms with Crippen molar-refractivity contribution >= 4 is 17.7 Å². The molecule has 2 rings (SSSR count). The Labute approximate surface area is 101 Å². The summed E-state index contributed by atoms with van der Waals surface area (Å²) < 4.78 is 0. The third-order valence-electron chi connectivity index (χ3n) is 4.52. The Kier molecular flexibility index (Phi) is 3.34. The molecule has 0 bridgehead atoms. The summed E-state index contributed by atoms with van der Waals surface area (Å²) in [4.78, 5) is 11.1. The van der Waals surface area contributed by atoms with Gasteiger partial charge in [0, 0.05) is 5.92 Å². The third kappa shape index (κ3) is 1.90. The van der Waals surface area contributed by atoms with Gasteiger partial charge in [-0.2, -0.15) is 0 Å². The molecule has 1 fully saturated rings. The maximum Gasteiger partial charge on any atom is 0.317 e. The van der Waals surface area contributed by atoms with Crippen LogP contribution in [0.25, 0.3) is 0 Å². The summed E-state index contributed by atoms with van der Waals surface area (Å²) in [6, 6.07) is 0. The predicted molar refractivity (Wildman–Crippen MR) is 67.5 cm³/mol. The van der Waals surface area contributed by atoms with Gasteiger partial charge in [0.25, 0.3) is 0 Å². The maximum absolute atomic E-state index is 11.1. The van der Waals surface area contributed by atoms with Crippen LogP contribution in [0.4, 0.5) is 0 Å². The van der Waals surface area contributed by atoms with Gasteiger partial charge in [-0.3, -0.25) is 4.79 Å². The van der Waals surface area contributed by atoms with E-state index in [0.29, 0.717) is 11.3 Å². The summed E-state index contributed by atoms with van der Waals surface area (Å²) in [6.07, 6.45) is 5.83. The molecule has 0 saturated heterocycles. The molecule has 90 valence electrons. The summed E-state index contributed by atoms with van der Waals surface area (Å²) in [7, 11) is 0. The van der Waals surface area contributed by atoms with Crippen LogP contribution in [0.15, 0.2) is 11.0 Å². The lowest BCUT2D eigenvalue weighted by molar-refractivity contribution is -0.137. The molecule has 0 radical (unpaired) electrons. The monoisotopic (exact) mass is 240 g/mol. The number of carboxylic acid groups (broad SMARTS) is 1. The number of aliphatic carboxylic acids is 1. The molecule has 2 atom stereocenters. The zero-order valence-electron chi connectivity index (χ0n) is 10.0. The van der Waals surface area contributed by atoms with E-state index < -0.39 is 5.97 Å². The van der Waals surface area contributed by atoms with Crippen molar-refractivity contribution in [2.24, 2.45) is 11.3 Å². The lowest BCUT2D eigenvalue weighted by Gasteiger charge is -2.40. The van der Waals surface area contributed by atoms with E-state index in [4.69, 9.17) is 5.11 Å². The molecule has 0 aromatic carbocycles. The Morgan fingerprint density at radius 3 is 2.81 bits per heavy atom. The number of rotatable bonds is 3. The molecular weight excluding hydrogens is 220 g/mol. The number of thioether (sulfide) groups is 1. The van der Waals surface area contributed by atoms with Gasteiger partial charge in [-0.15, -0.1) is 11.8 Å². The molecule has 1 aliphatic heterocycles. The molecule has 0 amide bonds. The second kappa shape index (κ2) is 4.44. The average molecular weight is 240 g/mol. The van der Waals surface area contributed by atoms with Crippen LogP contribution in [-0.2, 0) is 4.79 Å². The average Bonchev–Trinajstić information content (AvgIpc) is 2.71. The molecule has 1 aliphatic carbocycles. The van der Waals surface area contributed by atoms with E-state index in [1.165, 1.54) is 36.6 Å². The molecule has 0 aromatic heterocycles. The van der Waals surface area contributed by atoms with Gasteiger partial charge in [0.05, 0.1) is 0 Å². The van der Waals surface area contributed by atoms with Gasteiger partial charge < -0.3 is 5.11 Å². The highest BCUT2D eigenvalue weighted by atomic mass is 32.2. The first-order valence-corrected chi connectivity index (χ1v) is 7.13. The highest BCUT2D eigenvalue weighted by Crippen LogP contribution is 2.52. The molecule has 0 spiro atoms. The second-order valence-corrected chi connectivity index (χ2v) is 6.13. The summed E-state index contributed by atoms with van der Waals surface area (Å²) >= 11 is 1.52. The zero-order chi connectivity index (χ0) is 11.8. The molecule has 2 unspecified atom stereocenters. The molecule has 2 aliphatic rings. The Morgan fingerprint density at radius 2 is 2.25 bits per heavy atom. The van der Waals surface area contributed by atoms with Crippen LogP contribution < -0.4 is 0 Å². The molecule has 16 heavy (non-hydrogen) atoms. The van der Waals surface area contributed by atoms with Gasteiger partial charge in [-0.05, 0) is 30.1 Å². The van der Waals surface area contributed by atoms with Crippen LogP contribution in [0.5, 0.6) is 0 Å². The first-order chi connectivity index (χ1) is 7.62. The van der Waals surface area contributed by atoms with E-state index in [1.807, 2.05) is 0 Å². The van der Waals surface area contributed by atoms with Gasteiger partial charge in [0.1, 0.15) is 5.25 Å². The van der Waals surface area contributed by atoms with E-state index in [2.05, 4.69) is 19.3 Å². The van der Waals surface area contributed by atoms with Crippen molar-refractivity contribution in [2.45, 2.75) is 51.2 Å². The van der Waals surface area contributed by atoms with Crippen molar-refractivity contribution in [3.63, 3.8) is 0 Å². The fourth-order valence-corrected chi connectivity index (χ4v) is 4.31. The molecule has 1 N–H and O–H groups in total. The third-order valence-corrected chi connectivity index (χ3v) is 5.78. The minimum atomic E-state index is -0.637. The summed E-state index contributed by atoms with van der Waals surface area (Å²) in [6.45, 7) is 4.53. The van der Waals surface area contributed by atoms with Crippen LogP contribution in [0, 0.1) is 11.3 Å². The van der Waals surface area contributed by atoms with Crippen LogP contribution in [0.1, 0.15) is 46.0 Å². The first-order valence-electron chi connectivity index (χ1n) is 6.19. The first kappa shape index (κ1) is 12.0. The largest absolute Gasteiger partial charge is 0.480 e. The van der Waals surface area contributed by atoms with Crippen LogP contribution in [0.2, 0.25) is 0 Å². The summed E-state index contributed by atoms with van der Waals surface area (Å²) in [5, 5.41) is 11.1. The van der Waals surface area contributed by atoms with Crippen molar-refractivity contribution in [1.82, 2.24) is 0 Å². The van der Waals surface area contributed by atoms with Crippen LogP contribution >= 0.6 is 11.8 Å². The molecule has 1 saturated carbocycles. The quantitative estimate of drug-likeness (QED) is 0.817. The molecule has 3 heteroatoms. The van der Waals surface area contributed by atoms with Gasteiger partial charge >= 0.3 is 5.97 Å². The predicted octanol–water partition coefficient (Wildman–Crippen LogP) is 3.68. The topological polar surface area (TPSA) is 37.3 Å². The van der Waals surface area contributed by atoms with E-state index >= 15 is 0 Å². The standard InChI is InChI=1S/C13H20O2S/c1-3-13(4-2)6-5-10-9(7-13)8-16-11(10)12(14)15/h8,10-11H,3-7H2,1-2H3,(H,14,15). The minimum Gasteiger partial charge on any atom is -0.480 e. The Balaban J connectivity index is 2.12. The van der Waals surface area contributed by atoms with E-state index in [0.717, 1.165) is 12.8 Å². The Bertz CT molecular complexity index is 318. The zero-order valence-corrected chi connectivity index (χ0v) is 10.8. The normalized spacial score (nSPS) is 32.0. The van der Waals surface area contributed by atoms with Gasteiger partial charge in [-0.25, -0.2) is 0 Å². The van der Waals surface area contributed by atoms with E-state index in [-0.39, 0.29) is 5.25 Å². The number of allylic oxidation sites excluding steroid dienone is 1. The number of hydrogen-bond donors (Lipinski definition) is 1. The van der Waals surface area contributed by atoms with E-state index in [1.54, 1.807) is 0 Å². The summed E-state index contributed by atoms with van der Waals surface area (Å²) in [5.74, 6) is -0.324. The van der Waals surface area contributed by atoms with Crippen molar-refractivity contribution < 1.29 is 9.90 Å². The minimum absolute atomic E-state index is 0.207. The lowest BCUT2D eigenvalue weighted by Crippen LogP contribution is -2.33. The van der Waals surface area contributed by atoms with Crippen LogP contribution in [-0.4, -0.2) is 16.3 Å². The lowest BCUT2D eigenvalue weighted by atomic mass is 9.65. The van der Waals surface area contributed by atoms with Crippen LogP contribution in [0.3, 0.4) is 0 Å². The highest BCUT2D eigenvalue weighted by Gasteiger charge is 2.43. The number of fused-ring (bicyclic) bond motifs is 1. The number of hydrogen-bond acceptors (Lipinski definition) is 2. The van der Waals surface area contributed by atoms with Crippen molar-refractivity contribution in [3.8, 4) is 0 Å². The number of carbonyl (C=O) groups is 1. The highest BCUT2D eigenvalue weighted by molar-refractivity contribution is 8.03. The smallest absolute Gasteiger partial charge is 0.317 e. The van der Waals surface area contributed by atoms with Crippen molar-refractivity contribution in [3.05, 3.63) is 11.0 Å². The summed E-state index contributed by atoms with van der Waals surface area (Å²) in [5.41, 5.74) is 1.86. The fourth-order valence-electron chi connectivity index (χ4n) is 3.11. The maximum atomic E-state index is 11.1. The second-order valence-electron chi connectivity index (χ2n) is 5.12. The molecular formula is C13H20O2S. The SMILES string of the molecule is CCC1(CC)CCC2C(=CSC2C(=O)O)C1. The number of carboxylic acids is 1. The Morgan fingerprint density at radius 1 is 1.56 bits per heavy atom.